The van der Waals surface area contributed by atoms with Gasteiger partial charge in [0, 0.05) is 19.3 Å². The molecule has 0 heterocycles. The number of halogens is 2. The van der Waals surface area contributed by atoms with E-state index in [1.165, 1.54) is 17.0 Å². The van der Waals surface area contributed by atoms with Crippen molar-refractivity contribution in [3.8, 4) is 0 Å². The van der Waals surface area contributed by atoms with E-state index in [0.29, 0.717) is 5.56 Å². The van der Waals surface area contributed by atoms with Crippen LogP contribution >= 0.6 is 0 Å². The average molecular weight is 276 g/mol. The summed E-state index contributed by atoms with van der Waals surface area (Å²) in [5.41, 5.74) is 8.64. The molecule has 20 heavy (non-hydrogen) atoms. The van der Waals surface area contributed by atoms with Crippen molar-refractivity contribution in [1.82, 2.24) is 0 Å². The molecule has 0 aromatic heterocycles. The van der Waals surface area contributed by atoms with Gasteiger partial charge in [-0.15, -0.1) is 0 Å². The molecule has 2 nitrogen and oxygen atoms in total. The molecule has 0 fully saturated rings. The maximum absolute atomic E-state index is 14.1. The Kier molecular flexibility index (Phi) is 4.04. The van der Waals surface area contributed by atoms with Gasteiger partial charge in [0.05, 0.1) is 0 Å². The largest absolute Gasteiger partial charge is 0.340 e. The Bertz CT molecular complexity index is 595. The van der Waals surface area contributed by atoms with Gasteiger partial charge in [-0.1, -0.05) is 6.07 Å². The minimum absolute atomic E-state index is 0.0628. The topological polar surface area (TPSA) is 29.3 Å². The van der Waals surface area contributed by atoms with Gasteiger partial charge < -0.3 is 10.6 Å². The predicted octanol–water partition coefficient (Wildman–Crippen LogP) is 3.81. The van der Waals surface area contributed by atoms with Crippen molar-refractivity contribution in [1.29, 1.82) is 0 Å². The number of hydrogen-bond acceptors (Lipinski definition) is 2. The van der Waals surface area contributed by atoms with Crippen molar-refractivity contribution in [2.75, 3.05) is 11.9 Å². The molecule has 0 atom stereocenters. The summed E-state index contributed by atoms with van der Waals surface area (Å²) in [6.45, 7) is 4.02. The summed E-state index contributed by atoms with van der Waals surface area (Å²) in [5.74, 6) is -1.21. The van der Waals surface area contributed by atoms with E-state index in [1.54, 1.807) is 7.05 Å². The van der Waals surface area contributed by atoms with Crippen LogP contribution in [0.1, 0.15) is 16.7 Å². The van der Waals surface area contributed by atoms with Gasteiger partial charge in [0.15, 0.2) is 0 Å². The summed E-state index contributed by atoms with van der Waals surface area (Å²) in [4.78, 5) is 1.52. The fourth-order valence-electron chi connectivity index (χ4n) is 2.33. The third-order valence-corrected chi connectivity index (χ3v) is 3.24. The van der Waals surface area contributed by atoms with Crippen molar-refractivity contribution in [3.63, 3.8) is 0 Å². The Morgan fingerprint density at radius 2 is 1.45 bits per heavy atom. The van der Waals surface area contributed by atoms with Crippen LogP contribution in [0.4, 0.5) is 20.2 Å². The Balaban J connectivity index is 2.50. The standard InChI is InChI=1S/C16H18F2N2/c1-10-4-11(2)6-13(5-10)20(3)16-14(17)7-12(9-19)8-15(16)18/h4-8H,9,19H2,1-3H3. The summed E-state index contributed by atoms with van der Waals surface area (Å²) >= 11 is 0. The van der Waals surface area contributed by atoms with Crippen molar-refractivity contribution in [2.24, 2.45) is 5.73 Å². The predicted molar refractivity (Wildman–Crippen MR) is 78.2 cm³/mol. The van der Waals surface area contributed by atoms with Gasteiger partial charge in [-0.25, -0.2) is 8.78 Å². The molecule has 0 saturated heterocycles. The highest BCUT2D eigenvalue weighted by atomic mass is 19.1. The molecule has 2 N–H and O–H groups in total. The highest BCUT2D eigenvalue weighted by molar-refractivity contribution is 5.65. The van der Waals surface area contributed by atoms with E-state index in [9.17, 15) is 8.78 Å². The van der Waals surface area contributed by atoms with Gasteiger partial charge in [0.25, 0.3) is 0 Å². The summed E-state index contributed by atoms with van der Waals surface area (Å²) < 4.78 is 28.2. The van der Waals surface area contributed by atoms with Crippen LogP contribution in [-0.4, -0.2) is 7.05 Å². The third-order valence-electron chi connectivity index (χ3n) is 3.24. The highest BCUT2D eigenvalue weighted by Crippen LogP contribution is 2.31. The van der Waals surface area contributed by atoms with Crippen molar-refractivity contribution in [2.45, 2.75) is 20.4 Å². The Morgan fingerprint density at radius 1 is 0.950 bits per heavy atom. The number of nitrogens with zero attached hydrogens (tertiary/aromatic N) is 1. The fraction of sp³-hybridized carbons (Fsp3) is 0.250. The number of rotatable bonds is 3. The number of benzene rings is 2. The quantitative estimate of drug-likeness (QED) is 0.923. The number of aryl methyl sites for hydroxylation is 2. The second-order valence-electron chi connectivity index (χ2n) is 5.02. The number of anilines is 2. The second-order valence-corrected chi connectivity index (χ2v) is 5.02. The van der Waals surface area contributed by atoms with Gasteiger partial charge in [0.1, 0.15) is 17.3 Å². The minimum atomic E-state index is -0.605. The zero-order chi connectivity index (χ0) is 14.9. The van der Waals surface area contributed by atoms with Crippen LogP contribution in [0.15, 0.2) is 30.3 Å². The molecule has 0 spiro atoms. The van der Waals surface area contributed by atoms with E-state index in [1.807, 2.05) is 32.0 Å². The zero-order valence-corrected chi connectivity index (χ0v) is 11.9. The van der Waals surface area contributed by atoms with E-state index < -0.39 is 11.6 Å². The smallest absolute Gasteiger partial charge is 0.150 e. The first kappa shape index (κ1) is 14.5. The molecule has 0 saturated carbocycles. The molecule has 2 rings (SSSR count). The van der Waals surface area contributed by atoms with Gasteiger partial charge in [0.2, 0.25) is 0 Å². The SMILES string of the molecule is Cc1cc(C)cc(N(C)c2c(F)cc(CN)cc2F)c1. The minimum Gasteiger partial charge on any atom is -0.340 e. The molecular weight excluding hydrogens is 258 g/mol. The third kappa shape index (κ3) is 2.80. The van der Waals surface area contributed by atoms with E-state index in [4.69, 9.17) is 5.73 Å². The van der Waals surface area contributed by atoms with Crippen molar-refractivity contribution < 1.29 is 8.78 Å². The normalized spacial score (nSPS) is 10.7. The first-order valence-electron chi connectivity index (χ1n) is 6.42. The van der Waals surface area contributed by atoms with E-state index in [2.05, 4.69) is 0 Å². The molecule has 0 aliphatic heterocycles. The van der Waals surface area contributed by atoms with Crippen LogP contribution in [0.3, 0.4) is 0 Å². The van der Waals surface area contributed by atoms with Crippen molar-refractivity contribution in [3.05, 3.63) is 58.7 Å². The van der Waals surface area contributed by atoms with E-state index in [0.717, 1.165) is 16.8 Å². The van der Waals surface area contributed by atoms with Crippen LogP contribution in [0.25, 0.3) is 0 Å². The summed E-state index contributed by atoms with van der Waals surface area (Å²) in [7, 11) is 1.65. The maximum atomic E-state index is 14.1. The molecule has 106 valence electrons. The molecule has 0 amide bonds. The molecule has 0 aliphatic carbocycles. The molecule has 2 aromatic carbocycles. The van der Waals surface area contributed by atoms with Crippen LogP contribution in [0.2, 0.25) is 0 Å². The lowest BCUT2D eigenvalue weighted by molar-refractivity contribution is 0.580. The van der Waals surface area contributed by atoms with Gasteiger partial charge >= 0.3 is 0 Å². The van der Waals surface area contributed by atoms with E-state index in [-0.39, 0.29) is 12.2 Å². The zero-order valence-electron chi connectivity index (χ0n) is 11.9. The molecule has 2 aromatic rings. The molecule has 0 aliphatic rings. The molecule has 0 bridgehead atoms. The summed E-state index contributed by atoms with van der Waals surface area (Å²) in [6, 6.07) is 8.35. The molecule has 4 heteroatoms. The lowest BCUT2D eigenvalue weighted by Gasteiger charge is -2.22. The number of hydrogen-bond donors (Lipinski definition) is 1. The Hall–Kier alpha value is -1.94. The first-order valence-corrected chi connectivity index (χ1v) is 6.42. The summed E-state index contributed by atoms with van der Waals surface area (Å²) in [6.07, 6.45) is 0. The first-order chi connectivity index (χ1) is 9.42. The maximum Gasteiger partial charge on any atom is 0.150 e. The summed E-state index contributed by atoms with van der Waals surface area (Å²) in [5, 5.41) is 0. The monoisotopic (exact) mass is 276 g/mol. The lowest BCUT2D eigenvalue weighted by atomic mass is 10.1. The lowest BCUT2D eigenvalue weighted by Crippen LogP contribution is -2.14. The Morgan fingerprint density at radius 3 is 1.90 bits per heavy atom. The fourth-order valence-corrected chi connectivity index (χ4v) is 2.33. The van der Waals surface area contributed by atoms with Gasteiger partial charge in [-0.05, 0) is 54.8 Å². The number of nitrogens with two attached hydrogens (primary N) is 1. The Labute approximate surface area is 117 Å². The average Bonchev–Trinajstić information content (AvgIpc) is 2.36. The van der Waals surface area contributed by atoms with Crippen LogP contribution in [-0.2, 0) is 6.54 Å². The van der Waals surface area contributed by atoms with Gasteiger partial charge in [-0.3, -0.25) is 0 Å². The van der Waals surface area contributed by atoms with Crippen LogP contribution < -0.4 is 10.6 Å². The molecule has 0 unspecified atom stereocenters. The molecule has 0 radical (unpaired) electrons. The molecular formula is C16H18F2N2. The van der Waals surface area contributed by atoms with Crippen LogP contribution in [0.5, 0.6) is 0 Å². The van der Waals surface area contributed by atoms with Crippen molar-refractivity contribution >= 4 is 11.4 Å². The highest BCUT2D eigenvalue weighted by Gasteiger charge is 2.16. The van der Waals surface area contributed by atoms with E-state index >= 15 is 0 Å². The van der Waals surface area contributed by atoms with Gasteiger partial charge in [-0.2, -0.15) is 0 Å². The van der Waals surface area contributed by atoms with Crippen LogP contribution in [0, 0.1) is 25.5 Å². The second kappa shape index (κ2) is 5.59.